The van der Waals surface area contributed by atoms with Gasteiger partial charge in [-0.15, -0.1) is 0 Å². The highest BCUT2D eigenvalue weighted by Crippen LogP contribution is 2.17. The van der Waals surface area contributed by atoms with Gasteiger partial charge in [-0.25, -0.2) is 4.98 Å². The summed E-state index contributed by atoms with van der Waals surface area (Å²) in [7, 11) is 0. The molecule has 100 valence electrons. The van der Waals surface area contributed by atoms with Crippen molar-refractivity contribution in [3.05, 3.63) is 46.6 Å². The zero-order valence-corrected chi connectivity index (χ0v) is 11.4. The van der Waals surface area contributed by atoms with Crippen LogP contribution in [0.4, 0.5) is 0 Å². The van der Waals surface area contributed by atoms with Crippen LogP contribution in [0, 0.1) is 0 Å². The molecule has 0 aliphatic rings. The molecule has 0 spiro atoms. The number of carbonyl (C=O) groups is 1. The summed E-state index contributed by atoms with van der Waals surface area (Å²) in [6.07, 6.45) is 1.46. The number of nitrogens with zero attached hydrogens (tertiary/aromatic N) is 2. The Morgan fingerprint density at radius 2 is 2.26 bits per heavy atom. The highest BCUT2D eigenvalue weighted by atomic mass is 35.5. The standard InChI is InChI=1S/C13H14ClN3O2/c1-8(2)11-5-9(6-12(14)16-11)13(18)15-7-10-3-4-19-17-10/h3-6,8H,7H2,1-2H3,(H,15,18). The number of carbonyl (C=O) groups excluding carboxylic acids is 1. The first-order valence-electron chi connectivity index (χ1n) is 5.91. The topological polar surface area (TPSA) is 68.0 Å². The summed E-state index contributed by atoms with van der Waals surface area (Å²) in [5.74, 6) is -0.00464. The third kappa shape index (κ3) is 3.54. The summed E-state index contributed by atoms with van der Waals surface area (Å²) < 4.78 is 4.69. The molecule has 0 aromatic carbocycles. The Balaban J connectivity index is 2.10. The first kappa shape index (κ1) is 13.5. The van der Waals surface area contributed by atoms with Gasteiger partial charge in [-0.1, -0.05) is 30.6 Å². The van der Waals surface area contributed by atoms with Crippen molar-refractivity contribution in [2.24, 2.45) is 0 Å². The predicted molar refractivity (Wildman–Crippen MR) is 71.0 cm³/mol. The minimum absolute atomic E-state index is 0.209. The monoisotopic (exact) mass is 279 g/mol. The first-order chi connectivity index (χ1) is 9.06. The van der Waals surface area contributed by atoms with E-state index in [0.29, 0.717) is 23.0 Å². The van der Waals surface area contributed by atoms with Gasteiger partial charge in [0.1, 0.15) is 17.1 Å². The van der Waals surface area contributed by atoms with Crippen molar-refractivity contribution in [3.63, 3.8) is 0 Å². The van der Waals surface area contributed by atoms with Crippen molar-refractivity contribution in [3.8, 4) is 0 Å². The molecular weight excluding hydrogens is 266 g/mol. The molecule has 5 nitrogen and oxygen atoms in total. The van der Waals surface area contributed by atoms with Crippen molar-refractivity contribution in [1.82, 2.24) is 15.5 Å². The van der Waals surface area contributed by atoms with Gasteiger partial charge in [0.25, 0.3) is 5.91 Å². The van der Waals surface area contributed by atoms with Crippen molar-refractivity contribution in [2.45, 2.75) is 26.3 Å². The maximum atomic E-state index is 12.0. The third-order valence-electron chi connectivity index (χ3n) is 2.59. The summed E-state index contributed by atoms with van der Waals surface area (Å²) >= 11 is 5.92. The molecule has 0 atom stereocenters. The van der Waals surface area contributed by atoms with Crippen LogP contribution in [-0.2, 0) is 6.54 Å². The Bertz CT molecular complexity index is 567. The number of pyridine rings is 1. The fourth-order valence-electron chi connectivity index (χ4n) is 1.55. The quantitative estimate of drug-likeness (QED) is 0.874. The van der Waals surface area contributed by atoms with Gasteiger partial charge < -0.3 is 9.84 Å². The molecule has 0 saturated carbocycles. The fraction of sp³-hybridized carbons (Fsp3) is 0.308. The molecule has 19 heavy (non-hydrogen) atoms. The molecule has 2 aromatic rings. The van der Waals surface area contributed by atoms with Crippen LogP contribution in [0.15, 0.2) is 29.0 Å². The number of aromatic nitrogens is 2. The zero-order valence-electron chi connectivity index (χ0n) is 10.7. The predicted octanol–water partition coefficient (Wildman–Crippen LogP) is 2.78. The van der Waals surface area contributed by atoms with Gasteiger partial charge in [0, 0.05) is 17.3 Å². The Morgan fingerprint density at radius 1 is 1.47 bits per heavy atom. The average molecular weight is 280 g/mol. The molecule has 0 bridgehead atoms. The van der Waals surface area contributed by atoms with Crippen LogP contribution in [0.5, 0.6) is 0 Å². The molecule has 0 fully saturated rings. The van der Waals surface area contributed by atoms with Gasteiger partial charge in [0.2, 0.25) is 0 Å². The van der Waals surface area contributed by atoms with Crippen LogP contribution >= 0.6 is 11.6 Å². The summed E-state index contributed by atoms with van der Waals surface area (Å²) in [6.45, 7) is 4.30. The summed E-state index contributed by atoms with van der Waals surface area (Å²) in [5.41, 5.74) is 1.95. The molecule has 0 saturated heterocycles. The lowest BCUT2D eigenvalue weighted by Crippen LogP contribution is -2.23. The maximum Gasteiger partial charge on any atom is 0.251 e. The van der Waals surface area contributed by atoms with E-state index in [-0.39, 0.29) is 11.8 Å². The van der Waals surface area contributed by atoms with Gasteiger partial charge in [0.05, 0.1) is 6.54 Å². The van der Waals surface area contributed by atoms with Gasteiger partial charge in [0.15, 0.2) is 0 Å². The molecule has 2 rings (SSSR count). The molecule has 0 aliphatic heterocycles. The van der Waals surface area contributed by atoms with Crippen LogP contribution in [0.3, 0.4) is 0 Å². The van der Waals surface area contributed by atoms with Crippen LogP contribution in [0.2, 0.25) is 5.15 Å². The lowest BCUT2D eigenvalue weighted by molar-refractivity contribution is 0.0950. The van der Waals surface area contributed by atoms with Crippen molar-refractivity contribution >= 4 is 17.5 Å². The van der Waals surface area contributed by atoms with E-state index in [9.17, 15) is 4.79 Å². The third-order valence-corrected chi connectivity index (χ3v) is 2.78. The molecule has 0 aliphatic carbocycles. The molecule has 1 amide bonds. The SMILES string of the molecule is CC(C)c1cc(C(=O)NCc2ccon2)cc(Cl)n1. The van der Waals surface area contributed by atoms with E-state index in [1.54, 1.807) is 18.2 Å². The van der Waals surface area contributed by atoms with E-state index >= 15 is 0 Å². The Kier molecular flexibility index (Phi) is 4.16. The smallest absolute Gasteiger partial charge is 0.251 e. The maximum absolute atomic E-state index is 12.0. The molecule has 2 heterocycles. The highest BCUT2D eigenvalue weighted by Gasteiger charge is 2.11. The van der Waals surface area contributed by atoms with E-state index in [1.807, 2.05) is 13.8 Å². The van der Waals surface area contributed by atoms with E-state index in [0.717, 1.165) is 5.69 Å². The fourth-order valence-corrected chi connectivity index (χ4v) is 1.76. The number of nitrogens with one attached hydrogen (secondary N) is 1. The van der Waals surface area contributed by atoms with E-state index in [4.69, 9.17) is 11.6 Å². The van der Waals surface area contributed by atoms with Crippen molar-refractivity contribution in [2.75, 3.05) is 0 Å². The van der Waals surface area contributed by atoms with Crippen LogP contribution in [0.25, 0.3) is 0 Å². The van der Waals surface area contributed by atoms with E-state index in [2.05, 4.69) is 20.0 Å². The van der Waals surface area contributed by atoms with Crippen LogP contribution in [-0.4, -0.2) is 16.0 Å². The molecule has 2 aromatic heterocycles. The molecule has 0 radical (unpaired) electrons. The van der Waals surface area contributed by atoms with Crippen LogP contribution < -0.4 is 5.32 Å². The minimum Gasteiger partial charge on any atom is -0.364 e. The second kappa shape index (κ2) is 5.84. The lowest BCUT2D eigenvalue weighted by Gasteiger charge is -2.08. The zero-order chi connectivity index (χ0) is 13.8. The largest absolute Gasteiger partial charge is 0.364 e. The summed E-state index contributed by atoms with van der Waals surface area (Å²) in [4.78, 5) is 16.2. The molecule has 0 unspecified atom stereocenters. The number of hydrogen-bond acceptors (Lipinski definition) is 4. The van der Waals surface area contributed by atoms with Gasteiger partial charge >= 0.3 is 0 Å². The molecule has 1 N–H and O–H groups in total. The number of halogens is 1. The molecular formula is C13H14ClN3O2. The average Bonchev–Trinajstić information content (AvgIpc) is 2.88. The minimum atomic E-state index is -0.214. The van der Waals surface area contributed by atoms with Gasteiger partial charge in [-0.3, -0.25) is 4.79 Å². The highest BCUT2D eigenvalue weighted by molar-refractivity contribution is 6.29. The second-order valence-electron chi connectivity index (χ2n) is 4.43. The van der Waals surface area contributed by atoms with E-state index < -0.39 is 0 Å². The Morgan fingerprint density at radius 3 is 2.89 bits per heavy atom. The lowest BCUT2D eigenvalue weighted by atomic mass is 10.1. The first-order valence-corrected chi connectivity index (χ1v) is 6.29. The van der Waals surface area contributed by atoms with Gasteiger partial charge in [-0.05, 0) is 18.1 Å². The Hall–Kier alpha value is -1.88. The number of amides is 1. The number of hydrogen-bond donors (Lipinski definition) is 1. The summed E-state index contributed by atoms with van der Waals surface area (Å²) in [5, 5.41) is 6.78. The van der Waals surface area contributed by atoms with Crippen molar-refractivity contribution in [1.29, 1.82) is 0 Å². The van der Waals surface area contributed by atoms with Crippen LogP contribution in [0.1, 0.15) is 41.5 Å². The van der Waals surface area contributed by atoms with E-state index in [1.165, 1.54) is 6.26 Å². The normalized spacial score (nSPS) is 10.7. The Labute approximate surface area is 116 Å². The molecule has 6 heteroatoms. The second-order valence-corrected chi connectivity index (χ2v) is 4.82. The summed E-state index contributed by atoms with van der Waals surface area (Å²) in [6, 6.07) is 4.99. The number of rotatable bonds is 4. The van der Waals surface area contributed by atoms with Crippen molar-refractivity contribution < 1.29 is 9.32 Å². The van der Waals surface area contributed by atoms with Gasteiger partial charge in [-0.2, -0.15) is 0 Å².